The minimum atomic E-state index is -0.106. The van der Waals surface area contributed by atoms with Gasteiger partial charge >= 0.3 is 0 Å². The van der Waals surface area contributed by atoms with Gasteiger partial charge in [-0.1, -0.05) is 0 Å². The highest BCUT2D eigenvalue weighted by Crippen LogP contribution is 2.15. The highest BCUT2D eigenvalue weighted by molar-refractivity contribution is 5.88. The Morgan fingerprint density at radius 2 is 0.846 bits per heavy atom. The normalized spacial score (nSPS) is 10.9. The van der Waals surface area contributed by atoms with Gasteiger partial charge in [-0.15, -0.1) is 0 Å². The summed E-state index contributed by atoms with van der Waals surface area (Å²) < 4.78 is 43.9. The first-order valence-electron chi connectivity index (χ1n) is 13.1. The van der Waals surface area contributed by atoms with Gasteiger partial charge in [0.15, 0.2) is 0 Å². The Balaban J connectivity index is 1.23. The summed E-state index contributed by atoms with van der Waals surface area (Å²) in [5.41, 5.74) is 7.07. The van der Waals surface area contributed by atoms with Crippen molar-refractivity contribution < 1.29 is 42.7 Å². The maximum Gasteiger partial charge on any atom is 0.221 e. The van der Waals surface area contributed by atoms with Gasteiger partial charge in [0.2, 0.25) is 5.91 Å². The van der Waals surface area contributed by atoms with Crippen molar-refractivity contribution in [3.8, 4) is 11.5 Å². The number of carbonyl (C=O) groups is 1. The molecule has 0 aliphatic heterocycles. The van der Waals surface area contributed by atoms with Crippen LogP contribution in [0.3, 0.4) is 0 Å². The molecule has 0 aliphatic carbocycles. The summed E-state index contributed by atoms with van der Waals surface area (Å²) in [5, 5.41) is 2.71. The van der Waals surface area contributed by atoms with Crippen LogP contribution in [0.15, 0.2) is 48.5 Å². The molecular weight excluding hydrogens is 508 g/mol. The number of nitrogens with one attached hydrogen (secondary N) is 1. The van der Waals surface area contributed by atoms with Crippen molar-refractivity contribution in [2.75, 3.05) is 104 Å². The number of ether oxygens (including phenoxy) is 8. The Kier molecular flexibility index (Phi) is 18.2. The molecule has 0 unspecified atom stereocenters. The number of anilines is 2. The van der Waals surface area contributed by atoms with E-state index in [0.29, 0.717) is 98.2 Å². The summed E-state index contributed by atoms with van der Waals surface area (Å²) >= 11 is 0. The first kappa shape index (κ1) is 32.3. The van der Waals surface area contributed by atoms with E-state index < -0.39 is 0 Å². The minimum Gasteiger partial charge on any atom is -0.491 e. The molecule has 0 atom stereocenters. The molecule has 11 heteroatoms. The molecule has 39 heavy (non-hydrogen) atoms. The molecule has 0 fully saturated rings. The number of benzene rings is 2. The predicted molar refractivity (Wildman–Crippen MR) is 148 cm³/mol. The fourth-order valence-electron chi connectivity index (χ4n) is 3.04. The third-order valence-corrected chi connectivity index (χ3v) is 4.91. The van der Waals surface area contributed by atoms with Crippen molar-refractivity contribution in [2.45, 2.75) is 6.92 Å². The lowest BCUT2D eigenvalue weighted by Crippen LogP contribution is -2.15. The number of hydrogen-bond donors (Lipinski definition) is 2. The Morgan fingerprint density at radius 1 is 0.538 bits per heavy atom. The van der Waals surface area contributed by atoms with E-state index in [2.05, 4.69) is 5.32 Å². The Bertz CT molecular complexity index is 866. The zero-order valence-electron chi connectivity index (χ0n) is 22.8. The molecule has 0 bridgehead atoms. The molecule has 11 nitrogen and oxygen atoms in total. The highest BCUT2D eigenvalue weighted by atomic mass is 16.6. The van der Waals surface area contributed by atoms with Crippen molar-refractivity contribution in [2.24, 2.45) is 0 Å². The van der Waals surface area contributed by atoms with Crippen molar-refractivity contribution in [3.63, 3.8) is 0 Å². The number of nitrogens with two attached hydrogens (primary N) is 1. The van der Waals surface area contributed by atoms with Crippen LogP contribution in [0.1, 0.15) is 6.92 Å². The van der Waals surface area contributed by atoms with Crippen LogP contribution in [0.25, 0.3) is 0 Å². The second kappa shape index (κ2) is 21.9. The Hall–Kier alpha value is -2.93. The van der Waals surface area contributed by atoms with Crippen molar-refractivity contribution in [1.82, 2.24) is 0 Å². The lowest BCUT2D eigenvalue weighted by Gasteiger charge is -2.09. The topological polar surface area (TPSA) is 129 Å². The number of rotatable bonds is 24. The number of carbonyl (C=O) groups excluding carboxylic acids is 1. The summed E-state index contributed by atoms with van der Waals surface area (Å²) in [6.07, 6.45) is 0. The van der Waals surface area contributed by atoms with Gasteiger partial charge in [-0.2, -0.15) is 0 Å². The first-order valence-corrected chi connectivity index (χ1v) is 13.1. The van der Waals surface area contributed by atoms with Gasteiger partial charge in [-0.25, -0.2) is 0 Å². The summed E-state index contributed by atoms with van der Waals surface area (Å²) in [7, 11) is 0. The van der Waals surface area contributed by atoms with Crippen LogP contribution in [-0.4, -0.2) is 98.4 Å². The summed E-state index contributed by atoms with van der Waals surface area (Å²) in [6.45, 7) is 8.31. The molecule has 3 N–H and O–H groups in total. The van der Waals surface area contributed by atoms with E-state index in [4.69, 9.17) is 43.6 Å². The van der Waals surface area contributed by atoms with E-state index in [-0.39, 0.29) is 5.91 Å². The summed E-state index contributed by atoms with van der Waals surface area (Å²) in [4.78, 5) is 11.0. The molecule has 1 amide bonds. The third kappa shape index (κ3) is 18.1. The van der Waals surface area contributed by atoms with Gasteiger partial charge in [-0.05, 0) is 48.5 Å². The smallest absolute Gasteiger partial charge is 0.221 e. The fraction of sp³-hybridized carbons (Fsp3) is 0.536. The Labute approximate surface area is 230 Å². The van der Waals surface area contributed by atoms with E-state index in [0.717, 1.165) is 17.2 Å². The quantitative estimate of drug-likeness (QED) is 0.149. The molecule has 2 aromatic rings. The second-order valence-electron chi connectivity index (χ2n) is 8.15. The average Bonchev–Trinajstić information content (AvgIpc) is 2.93. The van der Waals surface area contributed by atoms with E-state index in [1.54, 1.807) is 36.4 Å². The van der Waals surface area contributed by atoms with Crippen LogP contribution in [0.2, 0.25) is 0 Å². The van der Waals surface area contributed by atoms with E-state index in [1.807, 2.05) is 12.1 Å². The van der Waals surface area contributed by atoms with Crippen LogP contribution in [-0.2, 0) is 33.2 Å². The van der Waals surface area contributed by atoms with Gasteiger partial charge in [0.1, 0.15) is 24.7 Å². The monoisotopic (exact) mass is 550 g/mol. The van der Waals surface area contributed by atoms with Gasteiger partial charge in [0.25, 0.3) is 0 Å². The molecule has 0 spiro atoms. The molecule has 0 radical (unpaired) electrons. The van der Waals surface area contributed by atoms with Crippen molar-refractivity contribution in [1.29, 1.82) is 0 Å². The molecule has 2 aromatic carbocycles. The number of nitrogen functional groups attached to an aromatic ring is 1. The molecular formula is C28H42N2O9. The van der Waals surface area contributed by atoms with Crippen LogP contribution < -0.4 is 20.5 Å². The van der Waals surface area contributed by atoms with Crippen LogP contribution >= 0.6 is 0 Å². The van der Waals surface area contributed by atoms with Crippen LogP contribution in [0.4, 0.5) is 11.4 Å². The van der Waals surface area contributed by atoms with Gasteiger partial charge in [0.05, 0.1) is 79.3 Å². The lowest BCUT2D eigenvalue weighted by atomic mass is 10.3. The number of hydrogen-bond acceptors (Lipinski definition) is 10. The standard InChI is InChI=1S/C28H42N2O9/c1-24(31)30-26-4-8-28(9-5-26)39-23-21-37-19-17-35-15-13-33-11-10-32-12-14-34-16-18-36-20-22-38-27-6-2-25(29)3-7-27/h2-9H,10-23,29H2,1H3,(H,30,31). The fourth-order valence-corrected chi connectivity index (χ4v) is 3.04. The SMILES string of the molecule is CC(=O)Nc1ccc(OCCOCCOCCOCCOCCOCCOCCOc2ccc(N)cc2)cc1. The molecule has 0 heterocycles. The summed E-state index contributed by atoms with van der Waals surface area (Å²) in [6, 6.07) is 14.4. The predicted octanol–water partition coefficient (Wildman–Crippen LogP) is 2.78. The van der Waals surface area contributed by atoms with E-state index in [9.17, 15) is 4.79 Å². The van der Waals surface area contributed by atoms with Crippen LogP contribution in [0, 0.1) is 0 Å². The van der Waals surface area contributed by atoms with E-state index >= 15 is 0 Å². The lowest BCUT2D eigenvalue weighted by molar-refractivity contribution is -0.114. The second-order valence-corrected chi connectivity index (χ2v) is 8.15. The first-order chi connectivity index (χ1) is 19.1. The number of amides is 1. The Morgan fingerprint density at radius 3 is 1.18 bits per heavy atom. The zero-order chi connectivity index (χ0) is 27.8. The largest absolute Gasteiger partial charge is 0.491 e. The molecule has 0 aliphatic rings. The molecule has 0 aromatic heterocycles. The molecule has 2 rings (SSSR count). The maximum atomic E-state index is 11.0. The average molecular weight is 551 g/mol. The molecule has 218 valence electrons. The van der Waals surface area contributed by atoms with Gasteiger partial charge in [0, 0.05) is 18.3 Å². The van der Waals surface area contributed by atoms with Gasteiger partial charge in [-0.3, -0.25) is 4.79 Å². The minimum absolute atomic E-state index is 0.106. The molecule has 0 saturated carbocycles. The maximum absolute atomic E-state index is 11.0. The van der Waals surface area contributed by atoms with Crippen LogP contribution in [0.5, 0.6) is 11.5 Å². The highest BCUT2D eigenvalue weighted by Gasteiger charge is 1.99. The third-order valence-electron chi connectivity index (χ3n) is 4.91. The van der Waals surface area contributed by atoms with Crippen molar-refractivity contribution in [3.05, 3.63) is 48.5 Å². The summed E-state index contributed by atoms with van der Waals surface area (Å²) in [5.74, 6) is 1.38. The van der Waals surface area contributed by atoms with E-state index in [1.165, 1.54) is 6.92 Å². The zero-order valence-corrected chi connectivity index (χ0v) is 22.8. The van der Waals surface area contributed by atoms with Crippen molar-refractivity contribution >= 4 is 17.3 Å². The molecule has 0 saturated heterocycles. The van der Waals surface area contributed by atoms with Gasteiger partial charge < -0.3 is 48.9 Å².